The minimum atomic E-state index is -2.30. The lowest BCUT2D eigenvalue weighted by Crippen LogP contribution is -2.52. The molecule has 6 nitrogen and oxygen atoms in total. The molecule has 2 aliphatic rings. The van der Waals surface area contributed by atoms with Gasteiger partial charge in [0.2, 0.25) is 8.32 Å². The van der Waals surface area contributed by atoms with Crippen molar-refractivity contribution in [1.82, 2.24) is 0 Å². The average molecular weight is 547 g/mol. The molecule has 2 fully saturated rings. The lowest BCUT2D eigenvalue weighted by atomic mass is 9.94. The van der Waals surface area contributed by atoms with Gasteiger partial charge in [-0.1, -0.05) is 43.7 Å². The van der Waals surface area contributed by atoms with E-state index in [1.807, 2.05) is 25.1 Å². The first kappa shape index (κ1) is 31.0. The molecule has 0 spiro atoms. The Morgan fingerprint density at radius 3 is 2.42 bits per heavy atom. The lowest BCUT2D eigenvalue weighted by molar-refractivity contribution is -0.209. The first-order chi connectivity index (χ1) is 17.9. The maximum Gasteiger partial charge on any atom is 0.214 e. The largest absolute Gasteiger partial charge is 0.497 e. The van der Waals surface area contributed by atoms with Gasteiger partial charge in [0, 0.05) is 12.3 Å². The molecule has 0 saturated carbocycles. The first-order valence-corrected chi connectivity index (χ1v) is 17.0. The zero-order chi connectivity index (χ0) is 28.0. The Balaban J connectivity index is 1.64. The molecule has 2 saturated heterocycles. The summed E-state index contributed by atoms with van der Waals surface area (Å²) in [5.41, 5.74) is 0.970. The summed E-state index contributed by atoms with van der Waals surface area (Å²) in [6, 6.07) is 8.06. The summed E-state index contributed by atoms with van der Waals surface area (Å²) in [4.78, 5) is 0. The van der Waals surface area contributed by atoms with Crippen LogP contribution in [0.15, 0.2) is 48.7 Å². The summed E-state index contributed by atoms with van der Waals surface area (Å²) >= 11 is 0. The number of hydrogen-bond donors (Lipinski definition) is 0. The maximum atomic E-state index is 6.82. The van der Waals surface area contributed by atoms with Gasteiger partial charge in [0.15, 0.2) is 5.79 Å². The lowest BCUT2D eigenvalue weighted by Gasteiger charge is -2.40. The molecule has 0 unspecified atom stereocenters. The molecule has 0 N–H and O–H groups in total. The van der Waals surface area contributed by atoms with E-state index in [2.05, 4.69) is 59.2 Å². The smallest absolute Gasteiger partial charge is 0.214 e. The third-order valence-electron chi connectivity index (χ3n) is 8.12. The van der Waals surface area contributed by atoms with Crippen LogP contribution in [0, 0.1) is 5.92 Å². The summed E-state index contributed by atoms with van der Waals surface area (Å²) in [5.74, 6) is 0.166. The molecule has 2 heterocycles. The van der Waals surface area contributed by atoms with Crippen molar-refractivity contribution < 1.29 is 28.1 Å². The van der Waals surface area contributed by atoms with Gasteiger partial charge in [-0.05, 0) is 63.9 Å². The van der Waals surface area contributed by atoms with Gasteiger partial charge >= 0.3 is 0 Å². The summed E-state index contributed by atoms with van der Waals surface area (Å²) in [5, 5.41) is 1.15. The van der Waals surface area contributed by atoms with Gasteiger partial charge in [-0.15, -0.1) is 13.2 Å². The standard InChI is InChI=1S/C31H50O6Si/c1-10-18-30(5)21-28(33-22-25-13-15-26(32-7)16-14-25)27(36-30)17-12-24(4)38(8,9)37-29(23(3)11-2)31(6)34-19-20-35-31/h11,13-16,23,27-29H,2,4,10,12,17-22H2,1,3,5-9H3/t23-,27+,28-,29-,30-/m1/s1. The fraction of sp³-hybridized carbons (Fsp3) is 0.677. The zero-order valence-corrected chi connectivity index (χ0v) is 25.7. The van der Waals surface area contributed by atoms with Gasteiger partial charge in [0.05, 0.1) is 44.7 Å². The Bertz CT molecular complexity index is 909. The highest BCUT2D eigenvalue weighted by molar-refractivity contribution is 6.78. The Kier molecular flexibility index (Phi) is 10.8. The molecule has 0 radical (unpaired) electrons. The van der Waals surface area contributed by atoms with Gasteiger partial charge in [-0.3, -0.25) is 0 Å². The summed E-state index contributed by atoms with van der Waals surface area (Å²) < 4.78 is 37.2. The molecule has 1 aromatic rings. The number of methoxy groups -OCH3 is 1. The van der Waals surface area contributed by atoms with Crippen molar-refractivity contribution in [3.63, 3.8) is 0 Å². The molecular formula is C31H50O6Si. The molecule has 7 heteroatoms. The average Bonchev–Trinajstić information content (AvgIpc) is 3.47. The van der Waals surface area contributed by atoms with Gasteiger partial charge < -0.3 is 28.1 Å². The molecule has 1 aromatic carbocycles. The van der Waals surface area contributed by atoms with E-state index in [1.165, 1.54) is 0 Å². The maximum absolute atomic E-state index is 6.82. The van der Waals surface area contributed by atoms with Crippen molar-refractivity contribution in [3.05, 3.63) is 54.3 Å². The van der Waals surface area contributed by atoms with Crippen LogP contribution in [0.5, 0.6) is 5.75 Å². The van der Waals surface area contributed by atoms with Gasteiger partial charge in [-0.25, -0.2) is 0 Å². The second-order valence-electron chi connectivity index (χ2n) is 11.8. The van der Waals surface area contributed by atoms with Crippen LogP contribution in [0.4, 0.5) is 0 Å². The Morgan fingerprint density at radius 2 is 1.84 bits per heavy atom. The highest BCUT2D eigenvalue weighted by Gasteiger charge is 2.47. The van der Waals surface area contributed by atoms with E-state index in [0.29, 0.717) is 19.8 Å². The van der Waals surface area contributed by atoms with Gasteiger partial charge in [-0.2, -0.15) is 0 Å². The van der Waals surface area contributed by atoms with E-state index < -0.39 is 14.1 Å². The van der Waals surface area contributed by atoms with Crippen molar-refractivity contribution >= 4 is 8.32 Å². The first-order valence-electron chi connectivity index (χ1n) is 14.1. The van der Waals surface area contributed by atoms with Crippen LogP contribution in [0.1, 0.15) is 65.4 Å². The van der Waals surface area contributed by atoms with Crippen molar-refractivity contribution in [3.8, 4) is 5.75 Å². The van der Waals surface area contributed by atoms with Crippen molar-refractivity contribution in [2.24, 2.45) is 5.92 Å². The van der Waals surface area contributed by atoms with Gasteiger partial charge in [0.25, 0.3) is 0 Å². The minimum Gasteiger partial charge on any atom is -0.497 e. The zero-order valence-electron chi connectivity index (χ0n) is 24.7. The molecule has 0 aromatic heterocycles. The van der Waals surface area contributed by atoms with Gasteiger partial charge in [0.1, 0.15) is 11.9 Å². The third-order valence-corrected chi connectivity index (χ3v) is 10.9. The SMILES string of the molecule is C=C[C@@H](C)[C@@H](O[Si](C)(C)C(=C)CC[C@@H]1O[C@](C)(CCC)C[C@H]1OCc1ccc(OC)cc1)C1(C)OCCO1. The van der Waals surface area contributed by atoms with E-state index in [1.54, 1.807) is 7.11 Å². The molecular weight excluding hydrogens is 496 g/mol. The summed E-state index contributed by atoms with van der Waals surface area (Å²) in [7, 11) is -0.618. The Labute approximate surface area is 231 Å². The van der Waals surface area contributed by atoms with E-state index >= 15 is 0 Å². The van der Waals surface area contributed by atoms with Crippen molar-refractivity contribution in [2.45, 2.75) is 109 Å². The van der Waals surface area contributed by atoms with Crippen LogP contribution in [0.2, 0.25) is 13.1 Å². The fourth-order valence-electron chi connectivity index (χ4n) is 5.60. The van der Waals surface area contributed by atoms with E-state index in [-0.39, 0.29) is 29.8 Å². The summed E-state index contributed by atoms with van der Waals surface area (Å²) in [6.45, 7) is 23.2. The van der Waals surface area contributed by atoms with E-state index in [0.717, 1.165) is 48.6 Å². The monoisotopic (exact) mass is 546 g/mol. The van der Waals surface area contributed by atoms with Crippen LogP contribution in [-0.2, 0) is 30.0 Å². The second kappa shape index (κ2) is 13.2. The molecule has 3 rings (SSSR count). The molecule has 0 aliphatic carbocycles. The predicted octanol–water partition coefficient (Wildman–Crippen LogP) is 6.98. The van der Waals surface area contributed by atoms with Crippen LogP contribution >= 0.6 is 0 Å². The van der Waals surface area contributed by atoms with E-state index in [9.17, 15) is 0 Å². The molecule has 5 atom stereocenters. The molecule has 38 heavy (non-hydrogen) atoms. The molecule has 2 aliphatic heterocycles. The van der Waals surface area contributed by atoms with Crippen LogP contribution in [0.3, 0.4) is 0 Å². The van der Waals surface area contributed by atoms with Crippen molar-refractivity contribution in [2.75, 3.05) is 20.3 Å². The third kappa shape index (κ3) is 7.80. The number of benzene rings is 1. The minimum absolute atomic E-state index is 0.0215. The molecule has 0 bridgehead atoms. The quantitative estimate of drug-likeness (QED) is 0.175. The summed E-state index contributed by atoms with van der Waals surface area (Å²) in [6.07, 6.45) is 6.44. The highest BCUT2D eigenvalue weighted by Crippen LogP contribution is 2.40. The van der Waals surface area contributed by atoms with E-state index in [4.69, 9.17) is 28.1 Å². The predicted molar refractivity (Wildman–Crippen MR) is 155 cm³/mol. The molecule has 0 amide bonds. The fourth-order valence-corrected chi connectivity index (χ4v) is 7.58. The number of rotatable bonds is 15. The van der Waals surface area contributed by atoms with Crippen LogP contribution < -0.4 is 4.74 Å². The van der Waals surface area contributed by atoms with Crippen molar-refractivity contribution in [1.29, 1.82) is 0 Å². The normalized spacial score (nSPS) is 26.7. The number of hydrogen-bond acceptors (Lipinski definition) is 6. The highest BCUT2D eigenvalue weighted by atomic mass is 28.4. The van der Waals surface area contributed by atoms with Crippen LogP contribution in [0.25, 0.3) is 0 Å². The second-order valence-corrected chi connectivity index (χ2v) is 15.7. The topological polar surface area (TPSA) is 55.4 Å². The molecule has 214 valence electrons. The van der Waals surface area contributed by atoms with Crippen LogP contribution in [-0.4, -0.2) is 58.3 Å². The Morgan fingerprint density at radius 1 is 1.18 bits per heavy atom. The number of allylic oxidation sites excluding steroid dienone is 1. The number of ether oxygens (including phenoxy) is 5. The Hall–Kier alpha value is -1.48.